The number of nitrogens with zero attached hydrogens (tertiary/aromatic N) is 2. The first kappa shape index (κ1) is 12.2. The molecule has 0 spiro atoms. The van der Waals surface area contributed by atoms with Gasteiger partial charge in [-0.05, 0) is 13.0 Å². The summed E-state index contributed by atoms with van der Waals surface area (Å²) in [5.41, 5.74) is 0. The first-order valence-corrected chi connectivity index (χ1v) is 5.16. The molecule has 16 heavy (non-hydrogen) atoms. The minimum absolute atomic E-state index is 0.210. The molecule has 0 aliphatic rings. The number of aromatic nitrogens is 2. The Hall–Kier alpha value is -1.85. The van der Waals surface area contributed by atoms with Crippen molar-refractivity contribution in [2.45, 2.75) is 13.3 Å². The first-order valence-electron chi connectivity index (χ1n) is 5.16. The number of hydrogen-bond donors (Lipinski definition) is 2. The van der Waals surface area contributed by atoms with E-state index in [1.165, 1.54) is 0 Å². The van der Waals surface area contributed by atoms with Crippen LogP contribution in [0.25, 0.3) is 0 Å². The second-order valence-corrected chi connectivity index (χ2v) is 3.00. The van der Waals surface area contributed by atoms with Crippen LogP contribution in [0.2, 0.25) is 0 Å². The minimum Gasteiger partial charge on any atom is -0.466 e. The van der Waals surface area contributed by atoms with E-state index in [0.717, 1.165) is 0 Å². The summed E-state index contributed by atoms with van der Waals surface area (Å²) < 4.78 is 4.80. The van der Waals surface area contributed by atoms with Crippen LogP contribution < -0.4 is 10.6 Å². The normalized spacial score (nSPS) is 9.62. The van der Waals surface area contributed by atoms with Gasteiger partial charge >= 0.3 is 5.97 Å². The lowest BCUT2D eigenvalue weighted by Gasteiger charge is -2.06. The molecule has 0 amide bonds. The van der Waals surface area contributed by atoms with E-state index >= 15 is 0 Å². The third-order valence-electron chi connectivity index (χ3n) is 1.82. The number of esters is 1. The Bertz CT molecular complexity index is 343. The smallest absolute Gasteiger partial charge is 0.307 e. The van der Waals surface area contributed by atoms with E-state index in [-0.39, 0.29) is 5.97 Å². The third kappa shape index (κ3) is 4.12. The van der Waals surface area contributed by atoms with Gasteiger partial charge in [0.2, 0.25) is 5.95 Å². The Morgan fingerprint density at radius 1 is 1.56 bits per heavy atom. The summed E-state index contributed by atoms with van der Waals surface area (Å²) in [6.07, 6.45) is 1.97. The van der Waals surface area contributed by atoms with Gasteiger partial charge in [-0.25, -0.2) is 4.98 Å². The predicted octanol–water partition coefficient (Wildman–Crippen LogP) is 0.883. The van der Waals surface area contributed by atoms with Crippen LogP contribution in [0.4, 0.5) is 11.8 Å². The summed E-state index contributed by atoms with van der Waals surface area (Å²) in [4.78, 5) is 19.2. The van der Waals surface area contributed by atoms with Gasteiger partial charge in [-0.1, -0.05) is 0 Å². The van der Waals surface area contributed by atoms with Crippen molar-refractivity contribution < 1.29 is 9.53 Å². The van der Waals surface area contributed by atoms with Crippen molar-refractivity contribution in [2.75, 3.05) is 30.8 Å². The maximum Gasteiger partial charge on any atom is 0.307 e. The molecule has 0 fully saturated rings. The molecule has 2 N–H and O–H groups in total. The van der Waals surface area contributed by atoms with Gasteiger partial charge in [0.1, 0.15) is 5.82 Å². The van der Waals surface area contributed by atoms with Crippen LogP contribution in [0.1, 0.15) is 13.3 Å². The molecule has 0 atom stereocenters. The molecule has 1 heterocycles. The lowest BCUT2D eigenvalue weighted by atomic mass is 10.4. The first-order chi connectivity index (χ1) is 7.76. The van der Waals surface area contributed by atoms with Crippen LogP contribution in [-0.4, -0.2) is 36.1 Å². The SMILES string of the molecule is CCOC(=O)CCNc1ccnc(NC)n1. The maximum atomic E-state index is 11.0. The topological polar surface area (TPSA) is 76.1 Å². The maximum absolute atomic E-state index is 11.0. The molecule has 0 unspecified atom stereocenters. The standard InChI is InChI=1S/C10H16N4O2/c1-3-16-9(15)5-7-12-8-4-6-13-10(11-2)14-8/h4,6H,3,5,7H2,1-2H3,(H2,11,12,13,14). The van der Waals surface area contributed by atoms with E-state index < -0.39 is 0 Å². The lowest BCUT2D eigenvalue weighted by molar-refractivity contribution is -0.142. The van der Waals surface area contributed by atoms with Crippen LogP contribution in [0, 0.1) is 0 Å². The Balaban J connectivity index is 2.34. The van der Waals surface area contributed by atoms with E-state index in [4.69, 9.17) is 4.74 Å². The molecular weight excluding hydrogens is 208 g/mol. The van der Waals surface area contributed by atoms with E-state index in [0.29, 0.717) is 31.3 Å². The highest BCUT2D eigenvalue weighted by Gasteiger charge is 2.01. The second-order valence-electron chi connectivity index (χ2n) is 3.00. The van der Waals surface area contributed by atoms with E-state index in [1.807, 2.05) is 0 Å². The fourth-order valence-electron chi connectivity index (χ4n) is 1.10. The Morgan fingerprint density at radius 3 is 3.06 bits per heavy atom. The van der Waals surface area contributed by atoms with E-state index in [1.54, 1.807) is 26.2 Å². The number of nitrogens with one attached hydrogen (secondary N) is 2. The molecule has 88 valence electrons. The average Bonchev–Trinajstić information content (AvgIpc) is 2.30. The largest absolute Gasteiger partial charge is 0.466 e. The molecule has 0 aliphatic heterocycles. The molecule has 0 saturated heterocycles. The van der Waals surface area contributed by atoms with Crippen molar-refractivity contribution in [3.63, 3.8) is 0 Å². The van der Waals surface area contributed by atoms with Gasteiger partial charge in [0.05, 0.1) is 13.0 Å². The van der Waals surface area contributed by atoms with E-state index in [9.17, 15) is 4.79 Å². The second kappa shape index (κ2) is 6.60. The number of carbonyl (C=O) groups excluding carboxylic acids is 1. The summed E-state index contributed by atoms with van der Waals surface area (Å²) in [6, 6.07) is 1.74. The molecule has 6 nitrogen and oxygen atoms in total. The van der Waals surface area contributed by atoms with Crippen LogP contribution in [0.15, 0.2) is 12.3 Å². The highest BCUT2D eigenvalue weighted by Crippen LogP contribution is 2.04. The van der Waals surface area contributed by atoms with Crippen LogP contribution in [0.3, 0.4) is 0 Å². The summed E-state index contributed by atoms with van der Waals surface area (Å²) in [7, 11) is 1.75. The molecule has 1 aromatic heterocycles. The molecule has 1 aromatic rings. The van der Waals surface area contributed by atoms with E-state index in [2.05, 4.69) is 20.6 Å². The zero-order valence-corrected chi connectivity index (χ0v) is 9.49. The molecule has 0 aromatic carbocycles. The Kier molecular flexibility index (Phi) is 5.04. The molecule has 0 saturated carbocycles. The van der Waals surface area contributed by atoms with Crippen molar-refractivity contribution in [3.8, 4) is 0 Å². The average molecular weight is 224 g/mol. The van der Waals surface area contributed by atoms with Crippen molar-refractivity contribution in [2.24, 2.45) is 0 Å². The Labute approximate surface area is 94.4 Å². The quantitative estimate of drug-likeness (QED) is 0.699. The minimum atomic E-state index is -0.210. The van der Waals surface area contributed by atoms with Gasteiger partial charge in [-0.2, -0.15) is 4.98 Å². The molecule has 0 radical (unpaired) electrons. The third-order valence-corrected chi connectivity index (χ3v) is 1.82. The fraction of sp³-hybridized carbons (Fsp3) is 0.500. The molecule has 6 heteroatoms. The zero-order chi connectivity index (χ0) is 11.8. The monoisotopic (exact) mass is 224 g/mol. The number of anilines is 2. The van der Waals surface area contributed by atoms with Crippen molar-refractivity contribution in [1.29, 1.82) is 0 Å². The molecule has 0 bridgehead atoms. The van der Waals surface area contributed by atoms with Crippen molar-refractivity contribution >= 4 is 17.7 Å². The van der Waals surface area contributed by atoms with Crippen LogP contribution in [0.5, 0.6) is 0 Å². The number of carbonyl (C=O) groups is 1. The summed E-state index contributed by atoms with van der Waals surface area (Å²) >= 11 is 0. The predicted molar refractivity (Wildman–Crippen MR) is 61.3 cm³/mol. The zero-order valence-electron chi connectivity index (χ0n) is 9.49. The summed E-state index contributed by atoms with van der Waals surface area (Å²) in [5.74, 6) is 1.02. The molecular formula is C10H16N4O2. The van der Waals surface area contributed by atoms with Gasteiger partial charge in [-0.3, -0.25) is 4.79 Å². The lowest BCUT2D eigenvalue weighted by Crippen LogP contribution is -2.12. The van der Waals surface area contributed by atoms with Gasteiger partial charge in [-0.15, -0.1) is 0 Å². The fourth-order valence-corrected chi connectivity index (χ4v) is 1.10. The number of hydrogen-bond acceptors (Lipinski definition) is 6. The van der Waals surface area contributed by atoms with Crippen LogP contribution in [-0.2, 0) is 9.53 Å². The van der Waals surface area contributed by atoms with Gasteiger partial charge in [0.15, 0.2) is 0 Å². The van der Waals surface area contributed by atoms with Crippen molar-refractivity contribution in [3.05, 3.63) is 12.3 Å². The van der Waals surface area contributed by atoms with Gasteiger partial charge in [0.25, 0.3) is 0 Å². The molecule has 1 rings (SSSR count). The van der Waals surface area contributed by atoms with Gasteiger partial charge < -0.3 is 15.4 Å². The summed E-state index contributed by atoms with van der Waals surface area (Å²) in [6.45, 7) is 2.70. The Morgan fingerprint density at radius 2 is 2.38 bits per heavy atom. The summed E-state index contributed by atoms with van der Waals surface area (Å²) in [5, 5.41) is 5.85. The number of ether oxygens (including phenoxy) is 1. The highest BCUT2D eigenvalue weighted by molar-refractivity contribution is 5.69. The highest BCUT2D eigenvalue weighted by atomic mass is 16.5. The van der Waals surface area contributed by atoms with Crippen LogP contribution >= 0.6 is 0 Å². The number of rotatable bonds is 6. The van der Waals surface area contributed by atoms with Gasteiger partial charge in [0, 0.05) is 19.8 Å². The van der Waals surface area contributed by atoms with Crippen molar-refractivity contribution in [1.82, 2.24) is 9.97 Å². The molecule has 0 aliphatic carbocycles.